The van der Waals surface area contributed by atoms with Crippen molar-refractivity contribution in [3.63, 3.8) is 0 Å². The van der Waals surface area contributed by atoms with Gasteiger partial charge in [-0.2, -0.15) is 0 Å². The summed E-state index contributed by atoms with van der Waals surface area (Å²) in [6, 6.07) is 22.8. The van der Waals surface area contributed by atoms with Crippen LogP contribution in [0, 0.1) is 0 Å². The minimum Gasteiger partial charge on any atom is -0.485 e. The monoisotopic (exact) mass is 373 g/mol. The highest BCUT2D eigenvalue weighted by molar-refractivity contribution is 5.88. The smallest absolute Gasteiger partial charge is 0.148 e. The van der Waals surface area contributed by atoms with E-state index >= 15 is 0 Å². The fourth-order valence-corrected chi connectivity index (χ4v) is 3.73. The average Bonchev–Trinajstić information content (AvgIpc) is 3.10. The molecule has 0 saturated heterocycles. The molecule has 1 aromatic heterocycles. The molecule has 0 aliphatic heterocycles. The van der Waals surface area contributed by atoms with E-state index in [1.165, 1.54) is 10.9 Å². The van der Waals surface area contributed by atoms with Crippen LogP contribution in [0.15, 0.2) is 66.7 Å². The van der Waals surface area contributed by atoms with E-state index in [0.717, 1.165) is 48.7 Å². The fourth-order valence-electron chi connectivity index (χ4n) is 3.73. The van der Waals surface area contributed by atoms with E-state index in [1.54, 1.807) is 0 Å². The molecular weight excluding hydrogens is 346 g/mol. The van der Waals surface area contributed by atoms with Crippen LogP contribution in [0.3, 0.4) is 0 Å². The maximum atomic E-state index is 6.24. The summed E-state index contributed by atoms with van der Waals surface area (Å²) in [6.07, 6.45) is 0. The molecule has 0 spiro atoms. The average molecular weight is 374 g/mol. The van der Waals surface area contributed by atoms with Crippen LogP contribution >= 0.6 is 0 Å². The number of aromatic nitrogens is 2. The molecule has 0 aliphatic rings. The summed E-state index contributed by atoms with van der Waals surface area (Å²) in [5, 5.41) is 2.32. The molecule has 4 rings (SSSR count). The molecule has 0 unspecified atom stereocenters. The number of benzene rings is 3. The van der Waals surface area contributed by atoms with Gasteiger partial charge >= 0.3 is 0 Å². The molecule has 144 valence electrons. The Hall–Kier alpha value is -2.85. The van der Waals surface area contributed by atoms with Crippen molar-refractivity contribution in [1.29, 1.82) is 0 Å². The van der Waals surface area contributed by atoms with Gasteiger partial charge in [0.2, 0.25) is 0 Å². The molecule has 0 amide bonds. The second-order valence-electron chi connectivity index (χ2n) is 6.96. The number of para-hydroxylation sites is 2. The van der Waals surface area contributed by atoms with Crippen LogP contribution in [-0.4, -0.2) is 34.1 Å². The number of hydrogen-bond donors (Lipinski definition) is 0. The lowest BCUT2D eigenvalue weighted by atomic mass is 10.1. The van der Waals surface area contributed by atoms with Crippen molar-refractivity contribution in [2.45, 2.75) is 27.0 Å². The molecule has 0 fully saturated rings. The zero-order valence-electron chi connectivity index (χ0n) is 16.6. The van der Waals surface area contributed by atoms with Gasteiger partial charge in [-0.1, -0.05) is 62.4 Å². The number of fused-ring (bicyclic) bond motifs is 2. The third-order valence-electron chi connectivity index (χ3n) is 5.37. The normalized spacial score (nSPS) is 11.5. The first-order valence-electron chi connectivity index (χ1n) is 10.1. The zero-order chi connectivity index (χ0) is 19.3. The molecule has 0 saturated carbocycles. The summed E-state index contributed by atoms with van der Waals surface area (Å²) in [5.41, 5.74) is 2.20. The third kappa shape index (κ3) is 3.73. The second kappa shape index (κ2) is 8.44. The fraction of sp³-hybridized carbons (Fsp3) is 0.292. The first-order chi connectivity index (χ1) is 13.8. The Morgan fingerprint density at radius 2 is 1.64 bits per heavy atom. The van der Waals surface area contributed by atoms with Crippen molar-refractivity contribution < 1.29 is 4.74 Å². The van der Waals surface area contributed by atoms with Crippen LogP contribution in [-0.2, 0) is 13.2 Å². The number of ether oxygens (including phenoxy) is 1. The van der Waals surface area contributed by atoms with E-state index in [9.17, 15) is 0 Å². The van der Waals surface area contributed by atoms with Crippen LogP contribution in [0.2, 0.25) is 0 Å². The van der Waals surface area contributed by atoms with Gasteiger partial charge in [-0.05, 0) is 36.7 Å². The summed E-state index contributed by atoms with van der Waals surface area (Å²) >= 11 is 0. The van der Waals surface area contributed by atoms with Gasteiger partial charge in [-0.15, -0.1) is 0 Å². The molecule has 4 nitrogen and oxygen atoms in total. The van der Waals surface area contributed by atoms with Crippen LogP contribution in [0.4, 0.5) is 0 Å². The van der Waals surface area contributed by atoms with E-state index in [0.29, 0.717) is 6.61 Å². The van der Waals surface area contributed by atoms with Gasteiger partial charge < -0.3 is 14.2 Å². The minimum absolute atomic E-state index is 0.459. The van der Waals surface area contributed by atoms with E-state index in [-0.39, 0.29) is 0 Å². The first kappa shape index (κ1) is 18.5. The highest BCUT2D eigenvalue weighted by atomic mass is 16.5. The summed E-state index contributed by atoms with van der Waals surface area (Å²) in [5.74, 6) is 1.88. The van der Waals surface area contributed by atoms with E-state index in [2.05, 4.69) is 71.8 Å². The lowest BCUT2D eigenvalue weighted by Gasteiger charge is -2.19. The standard InChI is InChI=1S/C24H27N3O/c1-3-26(4-2)16-17-27-22-14-8-7-13-21(22)25-24(27)18-28-23-15-9-11-19-10-5-6-12-20(19)23/h5-15H,3-4,16-18H2,1-2H3. The van der Waals surface area contributed by atoms with Crippen LogP contribution in [0.1, 0.15) is 19.7 Å². The number of hydrogen-bond acceptors (Lipinski definition) is 3. The first-order valence-corrected chi connectivity index (χ1v) is 10.1. The Morgan fingerprint density at radius 1 is 0.893 bits per heavy atom. The predicted molar refractivity (Wildman–Crippen MR) is 116 cm³/mol. The van der Waals surface area contributed by atoms with Gasteiger partial charge in [0.05, 0.1) is 11.0 Å². The van der Waals surface area contributed by atoms with Gasteiger partial charge in [0.1, 0.15) is 18.2 Å². The largest absolute Gasteiger partial charge is 0.485 e. The van der Waals surface area contributed by atoms with Gasteiger partial charge in [0.25, 0.3) is 0 Å². The number of nitrogens with zero attached hydrogens (tertiary/aromatic N) is 3. The van der Waals surface area contributed by atoms with Crippen molar-refractivity contribution in [3.05, 3.63) is 72.6 Å². The minimum atomic E-state index is 0.459. The lowest BCUT2D eigenvalue weighted by molar-refractivity contribution is 0.273. The van der Waals surface area contributed by atoms with Gasteiger partial charge in [-0.25, -0.2) is 4.98 Å². The molecule has 0 atom stereocenters. The Balaban J connectivity index is 1.61. The molecule has 0 bridgehead atoms. The highest BCUT2D eigenvalue weighted by Gasteiger charge is 2.12. The molecule has 0 aliphatic carbocycles. The SMILES string of the molecule is CCN(CC)CCn1c(COc2cccc3ccccc23)nc2ccccc21. The number of imidazole rings is 1. The van der Waals surface area contributed by atoms with Crippen LogP contribution in [0.5, 0.6) is 5.75 Å². The van der Waals surface area contributed by atoms with E-state index < -0.39 is 0 Å². The number of rotatable bonds is 8. The molecule has 1 heterocycles. The van der Waals surface area contributed by atoms with E-state index in [1.807, 2.05) is 18.2 Å². The quantitative estimate of drug-likeness (QED) is 0.430. The topological polar surface area (TPSA) is 30.3 Å². The predicted octanol–water partition coefficient (Wildman–Crippen LogP) is 5.11. The Morgan fingerprint density at radius 3 is 2.50 bits per heavy atom. The Labute approximate surface area is 166 Å². The second-order valence-corrected chi connectivity index (χ2v) is 6.96. The molecule has 4 heteroatoms. The van der Waals surface area contributed by atoms with Crippen LogP contribution < -0.4 is 4.74 Å². The highest BCUT2D eigenvalue weighted by Crippen LogP contribution is 2.26. The Kier molecular flexibility index (Phi) is 5.58. The lowest BCUT2D eigenvalue weighted by Crippen LogP contribution is -2.27. The number of likely N-dealkylation sites (N-methyl/N-ethyl adjacent to an activating group) is 1. The summed E-state index contributed by atoms with van der Waals surface area (Å²) < 4.78 is 8.54. The molecule has 0 radical (unpaired) electrons. The van der Waals surface area contributed by atoms with Crippen molar-refractivity contribution >= 4 is 21.8 Å². The zero-order valence-corrected chi connectivity index (χ0v) is 16.6. The molecular formula is C24H27N3O. The summed E-state index contributed by atoms with van der Waals surface area (Å²) in [6.45, 7) is 8.92. The van der Waals surface area contributed by atoms with Gasteiger partial charge in [0, 0.05) is 18.5 Å². The molecule has 4 aromatic rings. The maximum absolute atomic E-state index is 6.24. The Bertz CT molecular complexity index is 1060. The van der Waals surface area contributed by atoms with Crippen molar-refractivity contribution in [1.82, 2.24) is 14.5 Å². The van der Waals surface area contributed by atoms with Crippen molar-refractivity contribution in [2.75, 3.05) is 19.6 Å². The molecule has 28 heavy (non-hydrogen) atoms. The molecule has 3 aromatic carbocycles. The third-order valence-corrected chi connectivity index (χ3v) is 5.37. The van der Waals surface area contributed by atoms with Gasteiger partial charge in [-0.3, -0.25) is 0 Å². The maximum Gasteiger partial charge on any atom is 0.148 e. The van der Waals surface area contributed by atoms with E-state index in [4.69, 9.17) is 9.72 Å². The van der Waals surface area contributed by atoms with Gasteiger partial charge in [0.15, 0.2) is 0 Å². The summed E-state index contributed by atoms with van der Waals surface area (Å²) in [4.78, 5) is 7.29. The molecule has 0 N–H and O–H groups in total. The summed E-state index contributed by atoms with van der Waals surface area (Å²) in [7, 11) is 0. The van der Waals surface area contributed by atoms with Crippen molar-refractivity contribution in [3.8, 4) is 5.75 Å². The van der Waals surface area contributed by atoms with Crippen molar-refractivity contribution in [2.24, 2.45) is 0 Å². The van der Waals surface area contributed by atoms with Crippen LogP contribution in [0.25, 0.3) is 21.8 Å².